The number of piperidine rings is 1. The molecule has 2 amide bonds. The summed E-state index contributed by atoms with van der Waals surface area (Å²) in [4.78, 5) is 31.7. The molecule has 9 heteroatoms. The van der Waals surface area contributed by atoms with E-state index >= 15 is 0 Å². The van der Waals surface area contributed by atoms with Crippen LogP contribution in [0.3, 0.4) is 0 Å². The van der Waals surface area contributed by atoms with Crippen LogP contribution in [0.4, 0.5) is 5.69 Å². The molecular formula is C21H30N6O2S. The molecule has 0 radical (unpaired) electrons. The van der Waals surface area contributed by atoms with Crippen molar-refractivity contribution in [3.8, 4) is 0 Å². The molecule has 0 aromatic carbocycles. The molecule has 4 rings (SSSR count). The summed E-state index contributed by atoms with van der Waals surface area (Å²) >= 11 is 1.68. The predicted octanol–water partition coefficient (Wildman–Crippen LogP) is 2.56. The molecule has 0 unspecified atom stereocenters. The summed E-state index contributed by atoms with van der Waals surface area (Å²) in [5.41, 5.74) is 1.76. The van der Waals surface area contributed by atoms with Gasteiger partial charge in [-0.15, -0.1) is 11.3 Å². The SMILES string of the molecule is Cc1nc(CN2CCC(C(=O)Nc3cnn(CC(=O)NC4CCCC4)c3)CC2)cs1. The lowest BCUT2D eigenvalue weighted by molar-refractivity contribution is -0.122. The van der Waals surface area contributed by atoms with E-state index in [1.54, 1.807) is 28.4 Å². The van der Waals surface area contributed by atoms with Gasteiger partial charge in [0.05, 0.1) is 22.6 Å². The fourth-order valence-corrected chi connectivity index (χ4v) is 4.92. The van der Waals surface area contributed by atoms with Crippen molar-refractivity contribution in [2.75, 3.05) is 18.4 Å². The largest absolute Gasteiger partial charge is 0.352 e. The zero-order chi connectivity index (χ0) is 20.9. The highest BCUT2D eigenvalue weighted by atomic mass is 32.1. The summed E-state index contributed by atoms with van der Waals surface area (Å²) in [6, 6.07) is 0.303. The second kappa shape index (κ2) is 9.70. The predicted molar refractivity (Wildman–Crippen MR) is 116 cm³/mol. The molecule has 1 saturated heterocycles. The van der Waals surface area contributed by atoms with Gasteiger partial charge >= 0.3 is 0 Å². The molecule has 3 heterocycles. The number of aromatic nitrogens is 3. The number of rotatable bonds is 7. The van der Waals surface area contributed by atoms with Gasteiger partial charge in [-0.3, -0.25) is 19.2 Å². The minimum Gasteiger partial charge on any atom is -0.352 e. The van der Waals surface area contributed by atoms with E-state index in [1.165, 1.54) is 12.8 Å². The molecular weight excluding hydrogens is 400 g/mol. The number of hydrogen-bond donors (Lipinski definition) is 2. The maximum Gasteiger partial charge on any atom is 0.241 e. The van der Waals surface area contributed by atoms with E-state index < -0.39 is 0 Å². The van der Waals surface area contributed by atoms with Crippen molar-refractivity contribution in [3.05, 3.63) is 28.5 Å². The molecule has 0 bridgehead atoms. The first-order valence-corrected chi connectivity index (χ1v) is 11.7. The van der Waals surface area contributed by atoms with Gasteiger partial charge in [-0.05, 0) is 45.7 Å². The Bertz CT molecular complexity index is 864. The minimum atomic E-state index is -0.0226. The molecule has 0 spiro atoms. The second-order valence-electron chi connectivity index (χ2n) is 8.37. The van der Waals surface area contributed by atoms with Crippen molar-refractivity contribution in [1.82, 2.24) is 25.0 Å². The monoisotopic (exact) mass is 430 g/mol. The molecule has 0 atom stereocenters. The van der Waals surface area contributed by atoms with Crippen molar-refractivity contribution in [2.45, 2.75) is 64.6 Å². The summed E-state index contributed by atoms with van der Waals surface area (Å²) in [5.74, 6) is 0.0205. The van der Waals surface area contributed by atoms with Crippen LogP contribution in [0.15, 0.2) is 17.8 Å². The van der Waals surface area contributed by atoms with E-state index in [0.29, 0.717) is 11.7 Å². The zero-order valence-corrected chi connectivity index (χ0v) is 18.3. The van der Waals surface area contributed by atoms with Crippen LogP contribution in [0.25, 0.3) is 0 Å². The molecule has 2 aromatic rings. The number of nitrogens with zero attached hydrogens (tertiary/aromatic N) is 4. The topological polar surface area (TPSA) is 92.2 Å². The number of hydrogen-bond acceptors (Lipinski definition) is 6. The summed E-state index contributed by atoms with van der Waals surface area (Å²) in [6.45, 7) is 4.86. The first kappa shape index (κ1) is 21.0. The van der Waals surface area contributed by atoms with Crippen LogP contribution in [0.2, 0.25) is 0 Å². The van der Waals surface area contributed by atoms with Gasteiger partial charge in [-0.2, -0.15) is 5.10 Å². The van der Waals surface area contributed by atoms with Crippen LogP contribution in [0.5, 0.6) is 0 Å². The lowest BCUT2D eigenvalue weighted by Crippen LogP contribution is -2.37. The number of anilines is 1. The number of thiazole rings is 1. The molecule has 2 aromatic heterocycles. The van der Waals surface area contributed by atoms with Crippen LogP contribution >= 0.6 is 11.3 Å². The first-order chi connectivity index (χ1) is 14.5. The van der Waals surface area contributed by atoms with Gasteiger partial charge in [0.2, 0.25) is 11.8 Å². The van der Waals surface area contributed by atoms with Gasteiger partial charge in [0.25, 0.3) is 0 Å². The quantitative estimate of drug-likeness (QED) is 0.704. The smallest absolute Gasteiger partial charge is 0.241 e. The Balaban J connectivity index is 1.20. The summed E-state index contributed by atoms with van der Waals surface area (Å²) < 4.78 is 1.58. The second-order valence-corrected chi connectivity index (χ2v) is 9.44. The average molecular weight is 431 g/mol. The Hall–Kier alpha value is -2.26. The lowest BCUT2D eigenvalue weighted by Gasteiger charge is -2.30. The third kappa shape index (κ3) is 5.66. The van der Waals surface area contributed by atoms with Crippen LogP contribution in [0.1, 0.15) is 49.2 Å². The van der Waals surface area contributed by atoms with Crippen LogP contribution in [-0.2, 0) is 22.7 Å². The number of amides is 2. The number of carbonyl (C=O) groups excluding carboxylic acids is 2. The number of nitrogens with one attached hydrogen (secondary N) is 2. The van der Waals surface area contributed by atoms with Gasteiger partial charge < -0.3 is 10.6 Å². The zero-order valence-electron chi connectivity index (χ0n) is 17.5. The van der Waals surface area contributed by atoms with Gasteiger partial charge in [0, 0.05) is 30.1 Å². The third-order valence-corrected chi connectivity index (χ3v) is 6.76. The molecule has 8 nitrogen and oxygen atoms in total. The Morgan fingerprint density at radius 3 is 2.67 bits per heavy atom. The van der Waals surface area contributed by atoms with E-state index in [1.807, 2.05) is 6.92 Å². The third-order valence-electron chi connectivity index (χ3n) is 5.94. The molecule has 162 valence electrons. The Kier molecular flexibility index (Phi) is 6.79. The fourth-order valence-electron chi connectivity index (χ4n) is 4.31. The molecule has 1 aliphatic carbocycles. The number of carbonyl (C=O) groups is 2. The summed E-state index contributed by atoms with van der Waals surface area (Å²) in [6.07, 6.45) is 9.52. The van der Waals surface area contributed by atoms with Crippen LogP contribution in [0, 0.1) is 12.8 Å². The van der Waals surface area contributed by atoms with Gasteiger partial charge in [-0.25, -0.2) is 4.98 Å². The van der Waals surface area contributed by atoms with Crippen LogP contribution in [-0.4, -0.2) is 50.6 Å². The molecule has 30 heavy (non-hydrogen) atoms. The van der Waals surface area contributed by atoms with Crippen molar-refractivity contribution in [2.24, 2.45) is 5.92 Å². The maximum absolute atomic E-state index is 12.6. The Morgan fingerprint density at radius 1 is 1.20 bits per heavy atom. The summed E-state index contributed by atoms with van der Waals surface area (Å²) in [5, 5.41) is 13.4. The van der Waals surface area contributed by atoms with E-state index in [0.717, 1.165) is 56.0 Å². The highest BCUT2D eigenvalue weighted by molar-refractivity contribution is 7.09. The normalized spacial score (nSPS) is 18.6. The van der Waals surface area contributed by atoms with E-state index in [-0.39, 0.29) is 24.3 Å². The minimum absolute atomic E-state index is 0.00688. The average Bonchev–Trinajstić information content (AvgIpc) is 3.46. The van der Waals surface area contributed by atoms with E-state index in [9.17, 15) is 9.59 Å². The molecule has 1 aliphatic heterocycles. The number of aryl methyl sites for hydroxylation is 1. The van der Waals surface area contributed by atoms with E-state index in [2.05, 4.69) is 31.0 Å². The highest BCUT2D eigenvalue weighted by Gasteiger charge is 2.25. The summed E-state index contributed by atoms with van der Waals surface area (Å²) in [7, 11) is 0. The van der Waals surface area contributed by atoms with Crippen molar-refractivity contribution >= 4 is 28.8 Å². The van der Waals surface area contributed by atoms with Crippen LogP contribution < -0.4 is 10.6 Å². The van der Waals surface area contributed by atoms with E-state index in [4.69, 9.17) is 0 Å². The Labute approximate surface area is 181 Å². The van der Waals surface area contributed by atoms with Crippen molar-refractivity contribution in [1.29, 1.82) is 0 Å². The first-order valence-electron chi connectivity index (χ1n) is 10.8. The van der Waals surface area contributed by atoms with Gasteiger partial charge in [-0.1, -0.05) is 12.8 Å². The Morgan fingerprint density at radius 2 is 1.97 bits per heavy atom. The maximum atomic E-state index is 12.6. The number of likely N-dealkylation sites (tertiary alicyclic amines) is 1. The standard InChI is InChI=1S/C21H30N6O2S/c1-15-23-19(14-30-15)11-26-8-6-16(7-9-26)21(29)25-18-10-22-27(12-18)13-20(28)24-17-4-2-3-5-17/h10,12,14,16-17H,2-9,11,13H2,1H3,(H,24,28)(H,25,29). The lowest BCUT2D eigenvalue weighted by atomic mass is 9.96. The van der Waals surface area contributed by atoms with Gasteiger partial charge in [0.1, 0.15) is 6.54 Å². The highest BCUT2D eigenvalue weighted by Crippen LogP contribution is 2.21. The van der Waals surface area contributed by atoms with Crippen molar-refractivity contribution < 1.29 is 9.59 Å². The molecule has 2 fully saturated rings. The fraction of sp³-hybridized carbons (Fsp3) is 0.619. The molecule has 1 saturated carbocycles. The van der Waals surface area contributed by atoms with Crippen molar-refractivity contribution in [3.63, 3.8) is 0 Å². The molecule has 2 N–H and O–H groups in total. The van der Waals surface area contributed by atoms with Gasteiger partial charge in [0.15, 0.2) is 0 Å². The molecule has 2 aliphatic rings.